The fraction of sp³-hybridized carbons (Fsp3) is 0.857. The molecule has 0 spiro atoms. The monoisotopic (exact) mass is 207 g/mol. The van der Waals surface area contributed by atoms with Crippen molar-refractivity contribution in [3.8, 4) is 12.3 Å². The highest BCUT2D eigenvalue weighted by Gasteiger charge is 2.27. The highest BCUT2D eigenvalue weighted by atomic mass is 14.9. The van der Waals surface area contributed by atoms with Crippen molar-refractivity contribution >= 4 is 0 Å². The van der Waals surface area contributed by atoms with Gasteiger partial charge in [-0.1, -0.05) is 33.1 Å². The van der Waals surface area contributed by atoms with Crippen LogP contribution < -0.4 is 5.32 Å². The number of nitrogens with one attached hydrogen (secondary N) is 1. The number of rotatable bonds is 2. The quantitative estimate of drug-likeness (QED) is 0.541. The van der Waals surface area contributed by atoms with E-state index in [1.165, 1.54) is 32.1 Å². The molecule has 0 aromatic carbocycles. The minimum absolute atomic E-state index is 0.473. The Morgan fingerprint density at radius 3 is 2.53 bits per heavy atom. The minimum Gasteiger partial charge on any atom is -0.303 e. The topological polar surface area (TPSA) is 12.0 Å². The second-order valence-corrected chi connectivity index (χ2v) is 5.85. The normalized spacial score (nSPS) is 28.1. The van der Waals surface area contributed by atoms with Gasteiger partial charge in [-0.3, -0.25) is 0 Å². The van der Waals surface area contributed by atoms with Gasteiger partial charge in [0.2, 0.25) is 0 Å². The molecule has 15 heavy (non-hydrogen) atoms. The van der Waals surface area contributed by atoms with E-state index in [2.05, 4.69) is 32.0 Å². The zero-order valence-corrected chi connectivity index (χ0v) is 10.5. The fourth-order valence-electron chi connectivity index (χ4n) is 2.58. The molecule has 0 radical (unpaired) electrons. The molecule has 1 rings (SSSR count). The van der Waals surface area contributed by atoms with Crippen LogP contribution in [0.4, 0.5) is 0 Å². The molecule has 1 saturated carbocycles. The molecular weight excluding hydrogens is 182 g/mol. The first-order chi connectivity index (χ1) is 7.04. The summed E-state index contributed by atoms with van der Waals surface area (Å²) in [7, 11) is 0. The first-order valence-corrected chi connectivity index (χ1v) is 6.21. The van der Waals surface area contributed by atoms with Crippen molar-refractivity contribution in [1.82, 2.24) is 5.32 Å². The Morgan fingerprint density at radius 1 is 1.20 bits per heavy atom. The molecule has 1 N–H and O–H groups in total. The maximum Gasteiger partial charge on any atom is 0.0575 e. The zero-order valence-electron chi connectivity index (χ0n) is 10.5. The summed E-state index contributed by atoms with van der Waals surface area (Å²) in [6.45, 7) is 7.83. The van der Waals surface area contributed by atoms with E-state index in [1.807, 2.05) is 0 Å². The smallest absolute Gasteiger partial charge is 0.0575 e. The van der Waals surface area contributed by atoms with Crippen molar-refractivity contribution in [2.45, 2.75) is 58.9 Å². The molecule has 0 amide bonds. The number of terminal acetylenes is 1. The van der Waals surface area contributed by atoms with Crippen LogP contribution in [0.1, 0.15) is 52.9 Å². The highest BCUT2D eigenvalue weighted by Crippen LogP contribution is 2.36. The molecule has 0 aromatic heterocycles. The summed E-state index contributed by atoms with van der Waals surface area (Å²) >= 11 is 0. The molecule has 0 saturated heterocycles. The van der Waals surface area contributed by atoms with Gasteiger partial charge in [-0.25, -0.2) is 0 Å². The SMILES string of the molecule is C#CCNC1CCCC(C(C)(C)C)CC1. The van der Waals surface area contributed by atoms with Crippen LogP contribution in [0.2, 0.25) is 0 Å². The summed E-state index contributed by atoms with van der Waals surface area (Å²) < 4.78 is 0. The second kappa shape index (κ2) is 5.56. The summed E-state index contributed by atoms with van der Waals surface area (Å²) in [4.78, 5) is 0. The van der Waals surface area contributed by atoms with Gasteiger partial charge >= 0.3 is 0 Å². The van der Waals surface area contributed by atoms with E-state index in [0.717, 1.165) is 12.5 Å². The van der Waals surface area contributed by atoms with Gasteiger partial charge in [0.1, 0.15) is 0 Å². The molecule has 1 fully saturated rings. The lowest BCUT2D eigenvalue weighted by Crippen LogP contribution is -2.29. The van der Waals surface area contributed by atoms with Crippen molar-refractivity contribution in [3.63, 3.8) is 0 Å². The largest absolute Gasteiger partial charge is 0.303 e. The summed E-state index contributed by atoms with van der Waals surface area (Å²) in [6, 6.07) is 0.661. The standard InChI is InChI=1S/C14H25N/c1-5-11-15-13-8-6-7-12(9-10-13)14(2,3)4/h1,12-13,15H,6-11H2,2-4H3. The van der Waals surface area contributed by atoms with Crippen molar-refractivity contribution in [1.29, 1.82) is 0 Å². The van der Waals surface area contributed by atoms with Gasteiger partial charge in [-0.2, -0.15) is 0 Å². The Kier molecular flexibility index (Phi) is 4.67. The predicted octanol–water partition coefficient (Wildman–Crippen LogP) is 3.20. The van der Waals surface area contributed by atoms with Gasteiger partial charge in [-0.05, 0) is 37.0 Å². The number of hydrogen-bond donors (Lipinski definition) is 1. The van der Waals surface area contributed by atoms with Gasteiger partial charge in [0.25, 0.3) is 0 Å². The van der Waals surface area contributed by atoms with E-state index in [9.17, 15) is 0 Å². The summed E-state index contributed by atoms with van der Waals surface area (Å²) in [6.07, 6.45) is 12.0. The average molecular weight is 207 g/mol. The third kappa shape index (κ3) is 4.26. The van der Waals surface area contributed by atoms with Crippen molar-refractivity contribution < 1.29 is 0 Å². The molecule has 0 aliphatic heterocycles. The Labute approximate surface area is 95.0 Å². The number of hydrogen-bond acceptors (Lipinski definition) is 1. The Bertz CT molecular complexity index is 218. The molecule has 1 aliphatic carbocycles. The van der Waals surface area contributed by atoms with Crippen LogP contribution in [0.25, 0.3) is 0 Å². The van der Waals surface area contributed by atoms with E-state index >= 15 is 0 Å². The summed E-state index contributed by atoms with van der Waals surface area (Å²) in [5.41, 5.74) is 0.473. The van der Waals surface area contributed by atoms with Crippen LogP contribution in [0.5, 0.6) is 0 Å². The Balaban J connectivity index is 2.39. The Hall–Kier alpha value is -0.480. The van der Waals surface area contributed by atoms with Crippen molar-refractivity contribution in [2.24, 2.45) is 11.3 Å². The van der Waals surface area contributed by atoms with Gasteiger partial charge in [-0.15, -0.1) is 6.42 Å². The molecule has 0 heterocycles. The first kappa shape index (κ1) is 12.6. The first-order valence-electron chi connectivity index (χ1n) is 6.21. The molecule has 1 nitrogen and oxygen atoms in total. The lowest BCUT2D eigenvalue weighted by atomic mass is 9.76. The average Bonchev–Trinajstić information content (AvgIpc) is 2.38. The van der Waals surface area contributed by atoms with Gasteiger partial charge in [0, 0.05) is 6.04 Å². The molecule has 2 unspecified atom stereocenters. The Morgan fingerprint density at radius 2 is 1.93 bits per heavy atom. The zero-order chi connectivity index (χ0) is 11.3. The van der Waals surface area contributed by atoms with E-state index in [4.69, 9.17) is 6.42 Å². The third-order valence-corrected chi connectivity index (χ3v) is 3.69. The summed E-state index contributed by atoms with van der Waals surface area (Å²) in [5.74, 6) is 3.55. The van der Waals surface area contributed by atoms with Gasteiger partial charge in [0.05, 0.1) is 6.54 Å². The van der Waals surface area contributed by atoms with Crippen LogP contribution in [0, 0.1) is 23.7 Å². The lowest BCUT2D eigenvalue weighted by Gasteiger charge is -2.29. The van der Waals surface area contributed by atoms with E-state index in [0.29, 0.717) is 11.5 Å². The molecule has 1 aliphatic rings. The third-order valence-electron chi connectivity index (χ3n) is 3.69. The summed E-state index contributed by atoms with van der Waals surface area (Å²) in [5, 5.41) is 3.45. The maximum atomic E-state index is 5.27. The fourth-order valence-corrected chi connectivity index (χ4v) is 2.58. The van der Waals surface area contributed by atoms with Crippen molar-refractivity contribution in [2.75, 3.05) is 6.54 Å². The highest BCUT2D eigenvalue weighted by molar-refractivity contribution is 4.89. The van der Waals surface area contributed by atoms with Crippen LogP contribution in [0.3, 0.4) is 0 Å². The molecular formula is C14H25N. The maximum absolute atomic E-state index is 5.27. The van der Waals surface area contributed by atoms with E-state index in [-0.39, 0.29) is 0 Å². The molecule has 0 aromatic rings. The molecule has 1 heteroatoms. The van der Waals surface area contributed by atoms with Crippen molar-refractivity contribution in [3.05, 3.63) is 0 Å². The minimum atomic E-state index is 0.473. The molecule has 0 bridgehead atoms. The van der Waals surface area contributed by atoms with Crippen LogP contribution in [-0.4, -0.2) is 12.6 Å². The van der Waals surface area contributed by atoms with E-state index in [1.54, 1.807) is 0 Å². The van der Waals surface area contributed by atoms with Gasteiger partial charge < -0.3 is 5.32 Å². The van der Waals surface area contributed by atoms with E-state index < -0.39 is 0 Å². The van der Waals surface area contributed by atoms with Crippen LogP contribution in [0.15, 0.2) is 0 Å². The van der Waals surface area contributed by atoms with Gasteiger partial charge in [0.15, 0.2) is 0 Å². The second-order valence-electron chi connectivity index (χ2n) is 5.85. The lowest BCUT2D eigenvalue weighted by molar-refractivity contribution is 0.213. The molecule has 2 atom stereocenters. The van der Waals surface area contributed by atoms with Crippen LogP contribution in [-0.2, 0) is 0 Å². The molecule has 86 valence electrons. The van der Waals surface area contributed by atoms with Crippen LogP contribution >= 0.6 is 0 Å². The predicted molar refractivity (Wildman–Crippen MR) is 66.7 cm³/mol.